The lowest BCUT2D eigenvalue weighted by molar-refractivity contribution is 0.274. The van der Waals surface area contributed by atoms with E-state index in [1.807, 2.05) is 0 Å². The van der Waals surface area contributed by atoms with Crippen LogP contribution < -0.4 is 0 Å². The molecule has 2 N–H and O–H groups in total. The number of aromatic amines is 1. The molecule has 0 unspecified atom stereocenters. The normalized spacial score (nSPS) is 11.2. The van der Waals surface area contributed by atoms with Crippen LogP contribution >= 0.6 is 0 Å². The van der Waals surface area contributed by atoms with Crippen LogP contribution in [0.5, 0.6) is 0 Å². The number of aliphatic hydroxyl groups is 1. The van der Waals surface area contributed by atoms with Crippen LogP contribution in [0.4, 0.5) is 4.39 Å². The average molecular weight is 247 g/mol. The smallest absolute Gasteiger partial charge is 0.229 e. The molecular weight excluding hydrogens is 237 g/mol. The summed E-state index contributed by atoms with van der Waals surface area (Å²) in [5, 5.41) is 13.3. The molecular formula is C12H10FN3O2. The standard InChI is InChI=1S/C12H10FN3O2/c13-7-1-2-10-8(5-7)9(6-14-10)12-15-11(3-4-17)18-16-12/h1-2,5-6,14,17H,3-4H2. The van der Waals surface area contributed by atoms with Gasteiger partial charge < -0.3 is 14.6 Å². The van der Waals surface area contributed by atoms with Gasteiger partial charge in [-0.25, -0.2) is 4.39 Å². The quantitative estimate of drug-likeness (QED) is 0.741. The van der Waals surface area contributed by atoms with Gasteiger partial charge in [-0.05, 0) is 18.2 Å². The van der Waals surface area contributed by atoms with E-state index >= 15 is 0 Å². The average Bonchev–Trinajstić information content (AvgIpc) is 2.95. The molecule has 1 aromatic carbocycles. The molecule has 0 fully saturated rings. The van der Waals surface area contributed by atoms with Crippen molar-refractivity contribution in [3.05, 3.63) is 36.1 Å². The zero-order chi connectivity index (χ0) is 12.5. The molecule has 92 valence electrons. The molecule has 0 bridgehead atoms. The second kappa shape index (κ2) is 4.23. The summed E-state index contributed by atoms with van der Waals surface area (Å²) in [5.41, 5.74) is 1.48. The number of rotatable bonds is 3. The van der Waals surface area contributed by atoms with Gasteiger partial charge in [-0.2, -0.15) is 4.98 Å². The van der Waals surface area contributed by atoms with E-state index in [1.54, 1.807) is 12.3 Å². The molecule has 3 rings (SSSR count). The Kier molecular flexibility index (Phi) is 2.56. The molecule has 6 heteroatoms. The van der Waals surface area contributed by atoms with E-state index in [4.69, 9.17) is 9.63 Å². The van der Waals surface area contributed by atoms with E-state index in [9.17, 15) is 4.39 Å². The SMILES string of the molecule is OCCc1nc(-c2c[nH]c3ccc(F)cc23)no1. The summed E-state index contributed by atoms with van der Waals surface area (Å²) < 4.78 is 18.2. The fourth-order valence-electron chi connectivity index (χ4n) is 1.84. The van der Waals surface area contributed by atoms with Gasteiger partial charge in [-0.3, -0.25) is 0 Å². The maximum Gasteiger partial charge on any atom is 0.229 e. The van der Waals surface area contributed by atoms with E-state index in [0.29, 0.717) is 29.1 Å². The third-order valence-corrected chi connectivity index (χ3v) is 2.68. The number of nitrogens with one attached hydrogen (secondary N) is 1. The Morgan fingerprint density at radius 1 is 1.39 bits per heavy atom. The van der Waals surface area contributed by atoms with E-state index in [2.05, 4.69) is 15.1 Å². The van der Waals surface area contributed by atoms with Crippen LogP contribution in [0.2, 0.25) is 0 Å². The topological polar surface area (TPSA) is 74.9 Å². The van der Waals surface area contributed by atoms with Crippen molar-refractivity contribution in [2.24, 2.45) is 0 Å². The zero-order valence-electron chi connectivity index (χ0n) is 9.35. The Morgan fingerprint density at radius 2 is 2.28 bits per heavy atom. The van der Waals surface area contributed by atoms with Crippen molar-refractivity contribution in [2.75, 3.05) is 6.61 Å². The summed E-state index contributed by atoms with van der Waals surface area (Å²) in [4.78, 5) is 7.16. The lowest BCUT2D eigenvalue weighted by atomic mass is 10.1. The van der Waals surface area contributed by atoms with Crippen LogP contribution in [0.25, 0.3) is 22.3 Å². The highest BCUT2D eigenvalue weighted by atomic mass is 19.1. The van der Waals surface area contributed by atoms with Gasteiger partial charge in [-0.1, -0.05) is 5.16 Å². The van der Waals surface area contributed by atoms with Gasteiger partial charge in [0.25, 0.3) is 0 Å². The maximum atomic E-state index is 13.2. The predicted octanol–water partition coefficient (Wildman–Crippen LogP) is 1.89. The molecule has 0 saturated heterocycles. The Hall–Kier alpha value is -2.21. The first-order valence-corrected chi connectivity index (χ1v) is 5.48. The van der Waals surface area contributed by atoms with Gasteiger partial charge in [0, 0.05) is 22.7 Å². The third kappa shape index (κ3) is 1.76. The number of halogens is 1. The second-order valence-electron chi connectivity index (χ2n) is 3.88. The molecule has 0 amide bonds. The summed E-state index contributed by atoms with van der Waals surface area (Å²) in [6.07, 6.45) is 2.02. The maximum absolute atomic E-state index is 13.2. The van der Waals surface area contributed by atoms with Crippen LogP contribution in [-0.2, 0) is 6.42 Å². The van der Waals surface area contributed by atoms with Crippen LogP contribution in [0.3, 0.4) is 0 Å². The lowest BCUT2D eigenvalue weighted by Gasteiger charge is -1.92. The number of hydrogen-bond acceptors (Lipinski definition) is 4. The van der Waals surface area contributed by atoms with Crippen molar-refractivity contribution in [3.63, 3.8) is 0 Å². The molecule has 0 saturated carbocycles. The van der Waals surface area contributed by atoms with Crippen LogP contribution in [0.15, 0.2) is 28.9 Å². The molecule has 0 atom stereocenters. The summed E-state index contributed by atoms with van der Waals surface area (Å²) in [6, 6.07) is 4.46. The van der Waals surface area contributed by atoms with Crippen molar-refractivity contribution < 1.29 is 14.0 Å². The molecule has 0 aliphatic rings. The number of aliphatic hydroxyl groups excluding tert-OH is 1. The van der Waals surface area contributed by atoms with E-state index in [1.165, 1.54) is 12.1 Å². The molecule has 0 radical (unpaired) electrons. The highest BCUT2D eigenvalue weighted by Gasteiger charge is 2.13. The fourth-order valence-corrected chi connectivity index (χ4v) is 1.84. The molecule has 2 aromatic heterocycles. The number of nitrogens with zero attached hydrogens (tertiary/aromatic N) is 2. The predicted molar refractivity (Wildman–Crippen MR) is 62.3 cm³/mol. The number of benzene rings is 1. The highest BCUT2D eigenvalue weighted by molar-refractivity contribution is 5.93. The molecule has 0 aliphatic carbocycles. The van der Waals surface area contributed by atoms with Gasteiger partial charge in [-0.15, -0.1) is 0 Å². The van der Waals surface area contributed by atoms with E-state index in [0.717, 1.165) is 5.52 Å². The third-order valence-electron chi connectivity index (χ3n) is 2.68. The summed E-state index contributed by atoms with van der Waals surface area (Å²) in [7, 11) is 0. The Labute approximate surface area is 101 Å². The lowest BCUT2D eigenvalue weighted by Crippen LogP contribution is -1.89. The first-order chi connectivity index (χ1) is 8.78. The van der Waals surface area contributed by atoms with Crippen molar-refractivity contribution in [1.82, 2.24) is 15.1 Å². The minimum Gasteiger partial charge on any atom is -0.396 e. The van der Waals surface area contributed by atoms with Crippen molar-refractivity contribution >= 4 is 10.9 Å². The van der Waals surface area contributed by atoms with Crippen molar-refractivity contribution in [2.45, 2.75) is 6.42 Å². The van der Waals surface area contributed by atoms with Crippen LogP contribution in [-0.4, -0.2) is 26.8 Å². The zero-order valence-corrected chi connectivity index (χ0v) is 9.35. The molecule has 18 heavy (non-hydrogen) atoms. The molecule has 0 spiro atoms. The Morgan fingerprint density at radius 3 is 3.11 bits per heavy atom. The first kappa shape index (κ1) is 10.9. The fraction of sp³-hybridized carbons (Fsp3) is 0.167. The summed E-state index contributed by atoms with van der Waals surface area (Å²) in [5.74, 6) is 0.427. The number of aromatic nitrogens is 3. The van der Waals surface area contributed by atoms with Gasteiger partial charge in [0.2, 0.25) is 11.7 Å². The Bertz CT molecular complexity index is 690. The largest absolute Gasteiger partial charge is 0.396 e. The van der Waals surface area contributed by atoms with Crippen molar-refractivity contribution in [1.29, 1.82) is 0 Å². The summed E-state index contributed by atoms with van der Waals surface area (Å²) in [6.45, 7) is -0.0514. The van der Waals surface area contributed by atoms with Gasteiger partial charge in [0.1, 0.15) is 5.82 Å². The van der Waals surface area contributed by atoms with E-state index in [-0.39, 0.29) is 12.4 Å². The summed E-state index contributed by atoms with van der Waals surface area (Å²) >= 11 is 0. The van der Waals surface area contributed by atoms with E-state index < -0.39 is 0 Å². The number of H-pyrrole nitrogens is 1. The molecule has 0 aliphatic heterocycles. The molecule has 3 aromatic rings. The van der Waals surface area contributed by atoms with Gasteiger partial charge in [0.15, 0.2) is 0 Å². The van der Waals surface area contributed by atoms with Crippen LogP contribution in [0, 0.1) is 5.82 Å². The highest BCUT2D eigenvalue weighted by Crippen LogP contribution is 2.27. The van der Waals surface area contributed by atoms with Crippen LogP contribution in [0.1, 0.15) is 5.89 Å². The number of hydrogen-bond donors (Lipinski definition) is 2. The Balaban J connectivity index is 2.09. The monoisotopic (exact) mass is 247 g/mol. The minimum atomic E-state index is -0.317. The van der Waals surface area contributed by atoms with Crippen molar-refractivity contribution in [3.8, 4) is 11.4 Å². The number of fused-ring (bicyclic) bond motifs is 1. The van der Waals surface area contributed by atoms with Gasteiger partial charge in [0.05, 0.1) is 13.0 Å². The first-order valence-electron chi connectivity index (χ1n) is 5.48. The second-order valence-corrected chi connectivity index (χ2v) is 3.88. The molecule has 5 nitrogen and oxygen atoms in total. The molecule has 2 heterocycles. The van der Waals surface area contributed by atoms with Gasteiger partial charge >= 0.3 is 0 Å². The minimum absolute atomic E-state index is 0.0514.